The molecule has 0 spiro atoms. The van der Waals surface area contributed by atoms with Crippen LogP contribution in [0.15, 0.2) is 60.7 Å². The van der Waals surface area contributed by atoms with Crippen molar-refractivity contribution in [1.29, 1.82) is 0 Å². The number of benzene rings is 3. The first kappa shape index (κ1) is 30.2. The van der Waals surface area contributed by atoms with Gasteiger partial charge in [-0.2, -0.15) is 0 Å². The second kappa shape index (κ2) is 13.2. The Morgan fingerprint density at radius 1 is 1.00 bits per heavy atom. The highest BCUT2D eigenvalue weighted by Crippen LogP contribution is 2.29. The van der Waals surface area contributed by atoms with E-state index in [1.54, 1.807) is 30.3 Å². The van der Waals surface area contributed by atoms with Crippen LogP contribution in [0.2, 0.25) is 10.0 Å². The van der Waals surface area contributed by atoms with Crippen LogP contribution in [0.5, 0.6) is 0 Å². The highest BCUT2D eigenvalue weighted by molar-refractivity contribution is 7.92. The van der Waals surface area contributed by atoms with E-state index >= 15 is 0 Å². The molecular formula is C30H35Cl2N3O4S. The second-order valence-electron chi connectivity index (χ2n) is 10.3. The highest BCUT2D eigenvalue weighted by atomic mass is 35.5. The summed E-state index contributed by atoms with van der Waals surface area (Å²) in [7, 11) is -3.86. The number of nitrogens with one attached hydrogen (secondary N) is 1. The van der Waals surface area contributed by atoms with Crippen molar-refractivity contribution in [1.82, 2.24) is 10.2 Å². The number of hydrogen-bond acceptors (Lipinski definition) is 4. The fourth-order valence-electron chi connectivity index (χ4n) is 5.32. The maximum absolute atomic E-state index is 14.1. The second-order valence-corrected chi connectivity index (χ2v) is 13.0. The molecule has 0 heterocycles. The van der Waals surface area contributed by atoms with Crippen LogP contribution >= 0.6 is 23.2 Å². The summed E-state index contributed by atoms with van der Waals surface area (Å²) in [4.78, 5) is 29.1. The lowest BCUT2D eigenvalue weighted by atomic mass is 9.95. The summed E-state index contributed by atoms with van der Waals surface area (Å²) in [6.07, 6.45) is 6.50. The van der Waals surface area contributed by atoms with Crippen molar-refractivity contribution < 1.29 is 18.0 Å². The zero-order chi connectivity index (χ0) is 28.9. The molecule has 0 unspecified atom stereocenters. The maximum Gasteiger partial charge on any atom is 0.244 e. The van der Waals surface area contributed by atoms with Gasteiger partial charge in [-0.1, -0.05) is 91.9 Å². The van der Waals surface area contributed by atoms with Crippen LogP contribution in [-0.4, -0.2) is 50.0 Å². The van der Waals surface area contributed by atoms with E-state index in [0.717, 1.165) is 48.1 Å². The van der Waals surface area contributed by atoms with Gasteiger partial charge in [0.15, 0.2) is 0 Å². The molecule has 3 aromatic carbocycles. The van der Waals surface area contributed by atoms with Gasteiger partial charge in [-0.3, -0.25) is 13.9 Å². The molecule has 1 aliphatic rings. The molecule has 1 fully saturated rings. The van der Waals surface area contributed by atoms with Gasteiger partial charge in [-0.05, 0) is 48.4 Å². The quantitative estimate of drug-likeness (QED) is 0.300. The number of amides is 2. The molecule has 2 amide bonds. The summed E-state index contributed by atoms with van der Waals surface area (Å²) >= 11 is 12.6. The average Bonchev–Trinajstić information content (AvgIpc) is 2.92. The van der Waals surface area contributed by atoms with Gasteiger partial charge in [0.1, 0.15) is 12.6 Å². The van der Waals surface area contributed by atoms with E-state index < -0.39 is 28.5 Å². The lowest BCUT2D eigenvalue weighted by Gasteiger charge is -2.34. The van der Waals surface area contributed by atoms with Gasteiger partial charge in [0.05, 0.1) is 11.9 Å². The average molecular weight is 605 g/mol. The minimum absolute atomic E-state index is 0.0264. The summed E-state index contributed by atoms with van der Waals surface area (Å²) in [5.41, 5.74) is 1.01. The third-order valence-corrected chi connectivity index (χ3v) is 9.12. The molecule has 40 heavy (non-hydrogen) atoms. The number of carbonyl (C=O) groups excluding carboxylic acids is 2. The number of anilines is 1. The molecule has 0 aliphatic heterocycles. The van der Waals surface area contributed by atoms with E-state index in [0.29, 0.717) is 33.1 Å². The topological polar surface area (TPSA) is 86.8 Å². The van der Waals surface area contributed by atoms with Crippen molar-refractivity contribution in [2.75, 3.05) is 17.1 Å². The van der Waals surface area contributed by atoms with E-state index in [-0.39, 0.29) is 18.5 Å². The zero-order valence-electron chi connectivity index (χ0n) is 22.8. The number of halogens is 2. The largest absolute Gasteiger partial charge is 0.352 e. The Bertz CT molecular complexity index is 1470. The Hall–Kier alpha value is -2.81. The first-order valence-corrected chi connectivity index (χ1v) is 16.2. The molecular weight excluding hydrogens is 569 g/mol. The van der Waals surface area contributed by atoms with Crippen molar-refractivity contribution in [3.05, 3.63) is 76.3 Å². The molecule has 0 aromatic heterocycles. The van der Waals surface area contributed by atoms with Gasteiger partial charge in [-0.25, -0.2) is 8.42 Å². The Labute approximate surface area is 246 Å². The first-order valence-electron chi connectivity index (χ1n) is 13.6. The predicted octanol–water partition coefficient (Wildman–Crippen LogP) is 6.17. The van der Waals surface area contributed by atoms with Crippen molar-refractivity contribution in [2.24, 2.45) is 0 Å². The molecule has 0 bridgehead atoms. The smallest absolute Gasteiger partial charge is 0.244 e. The SMILES string of the molecule is CC[C@@H](C(=O)NC1CCCCC1)N(Cc1ccc(Cl)cc1Cl)C(=O)CN(c1cccc2ccccc12)S(C)(=O)=O. The minimum Gasteiger partial charge on any atom is -0.352 e. The lowest BCUT2D eigenvalue weighted by Crippen LogP contribution is -2.54. The monoisotopic (exact) mass is 603 g/mol. The molecule has 4 rings (SSSR count). The normalized spacial score (nSPS) is 15.0. The molecule has 1 aliphatic carbocycles. The number of nitrogens with zero attached hydrogens (tertiary/aromatic N) is 2. The van der Waals surface area contributed by atoms with Crippen LogP contribution in [-0.2, 0) is 26.2 Å². The minimum atomic E-state index is -3.86. The highest BCUT2D eigenvalue weighted by Gasteiger charge is 2.33. The van der Waals surface area contributed by atoms with Crippen LogP contribution in [0, 0.1) is 0 Å². The van der Waals surface area contributed by atoms with Crippen molar-refractivity contribution in [2.45, 2.75) is 64.1 Å². The fraction of sp³-hybridized carbons (Fsp3) is 0.400. The molecule has 1 N–H and O–H groups in total. The van der Waals surface area contributed by atoms with Gasteiger partial charge in [-0.15, -0.1) is 0 Å². The zero-order valence-corrected chi connectivity index (χ0v) is 25.1. The number of rotatable bonds is 10. The third kappa shape index (κ3) is 7.28. The molecule has 7 nitrogen and oxygen atoms in total. The third-order valence-electron chi connectivity index (χ3n) is 7.41. The number of sulfonamides is 1. The van der Waals surface area contributed by atoms with Crippen LogP contribution in [0.25, 0.3) is 10.8 Å². The van der Waals surface area contributed by atoms with Gasteiger partial charge in [0, 0.05) is 28.0 Å². The molecule has 3 aromatic rings. The van der Waals surface area contributed by atoms with Gasteiger partial charge in [0.25, 0.3) is 0 Å². The standard InChI is InChI=1S/C30H35Cl2N3O4S/c1-3-27(30(37)33-24-12-5-4-6-13-24)34(19-22-16-17-23(31)18-26(22)32)29(36)20-35(40(2,38)39)28-15-9-11-21-10-7-8-14-25(21)28/h7-11,14-18,24,27H,3-6,12-13,19-20H2,1-2H3,(H,33,37)/t27-/m0/s1. The predicted molar refractivity (Wildman–Crippen MR) is 162 cm³/mol. The van der Waals surface area contributed by atoms with Gasteiger partial charge in [0.2, 0.25) is 21.8 Å². The Morgan fingerprint density at radius 2 is 1.70 bits per heavy atom. The number of carbonyl (C=O) groups is 2. The fourth-order valence-corrected chi connectivity index (χ4v) is 6.65. The van der Waals surface area contributed by atoms with Crippen LogP contribution in [0.3, 0.4) is 0 Å². The summed E-state index contributed by atoms with van der Waals surface area (Å²) in [5.74, 6) is -0.751. The van der Waals surface area contributed by atoms with Crippen molar-refractivity contribution in [3.8, 4) is 0 Å². The Kier molecular flexibility index (Phi) is 9.98. The lowest BCUT2D eigenvalue weighted by molar-refractivity contribution is -0.140. The van der Waals surface area contributed by atoms with E-state index in [4.69, 9.17) is 23.2 Å². The van der Waals surface area contributed by atoms with E-state index in [2.05, 4.69) is 5.32 Å². The van der Waals surface area contributed by atoms with Crippen molar-refractivity contribution >= 4 is 61.5 Å². The molecule has 10 heteroatoms. The molecule has 214 valence electrons. The first-order chi connectivity index (χ1) is 19.1. The Morgan fingerprint density at radius 3 is 2.38 bits per heavy atom. The number of hydrogen-bond donors (Lipinski definition) is 1. The summed E-state index contributed by atoms with van der Waals surface area (Å²) in [6.45, 7) is 1.40. The summed E-state index contributed by atoms with van der Waals surface area (Å²) < 4.78 is 27.2. The molecule has 0 radical (unpaired) electrons. The summed E-state index contributed by atoms with van der Waals surface area (Å²) in [5, 5.41) is 5.51. The maximum atomic E-state index is 14.1. The van der Waals surface area contributed by atoms with Gasteiger partial charge < -0.3 is 10.2 Å². The van der Waals surface area contributed by atoms with E-state index in [1.165, 1.54) is 4.90 Å². The van der Waals surface area contributed by atoms with E-state index in [9.17, 15) is 18.0 Å². The number of fused-ring (bicyclic) bond motifs is 1. The summed E-state index contributed by atoms with van der Waals surface area (Å²) in [6, 6.07) is 17.0. The molecule has 0 saturated heterocycles. The van der Waals surface area contributed by atoms with Crippen LogP contribution in [0.4, 0.5) is 5.69 Å². The van der Waals surface area contributed by atoms with Crippen LogP contribution in [0.1, 0.15) is 51.0 Å². The Balaban J connectivity index is 1.70. The van der Waals surface area contributed by atoms with Gasteiger partial charge >= 0.3 is 0 Å². The molecule has 1 atom stereocenters. The molecule has 1 saturated carbocycles. The van der Waals surface area contributed by atoms with E-state index in [1.807, 2.05) is 37.3 Å². The van der Waals surface area contributed by atoms with Crippen molar-refractivity contribution in [3.63, 3.8) is 0 Å². The van der Waals surface area contributed by atoms with Crippen LogP contribution < -0.4 is 9.62 Å².